The quantitative estimate of drug-likeness (QED) is 0.841. The van der Waals surface area contributed by atoms with Crippen LogP contribution in [0.5, 0.6) is 0 Å². The van der Waals surface area contributed by atoms with Crippen LogP contribution in [0.3, 0.4) is 0 Å². The number of hydrogen-bond acceptors (Lipinski definition) is 4. The molecule has 2 aliphatic rings. The van der Waals surface area contributed by atoms with Gasteiger partial charge in [-0.15, -0.1) is 0 Å². The van der Waals surface area contributed by atoms with Crippen LogP contribution in [0.2, 0.25) is 0 Å². The summed E-state index contributed by atoms with van der Waals surface area (Å²) in [6.45, 7) is 10.2. The van der Waals surface area contributed by atoms with Crippen LogP contribution in [0.4, 0.5) is 4.79 Å². The summed E-state index contributed by atoms with van der Waals surface area (Å²) < 4.78 is 10.8. The molecule has 0 aromatic heterocycles. The fraction of sp³-hybridized carbons (Fsp3) is 0.933. The fourth-order valence-electron chi connectivity index (χ4n) is 3.34. The molecule has 20 heavy (non-hydrogen) atoms. The lowest BCUT2D eigenvalue weighted by atomic mass is 9.71. The van der Waals surface area contributed by atoms with E-state index in [0.29, 0.717) is 11.3 Å². The molecule has 1 unspecified atom stereocenters. The first kappa shape index (κ1) is 15.6. The molecule has 0 bridgehead atoms. The molecule has 2 heterocycles. The van der Waals surface area contributed by atoms with Gasteiger partial charge in [0, 0.05) is 39.2 Å². The number of hydrogen-bond donors (Lipinski definition) is 1. The van der Waals surface area contributed by atoms with Gasteiger partial charge in [-0.2, -0.15) is 0 Å². The van der Waals surface area contributed by atoms with E-state index in [-0.39, 0.29) is 6.09 Å². The molecule has 2 aliphatic heterocycles. The molecule has 2 saturated heterocycles. The SMILES string of the molecule is COCC1CNCC12CCN(C(=O)OC(C)(C)C)CC2. The second kappa shape index (κ2) is 5.90. The van der Waals surface area contributed by atoms with Gasteiger partial charge in [-0.25, -0.2) is 4.79 Å². The molecule has 0 aliphatic carbocycles. The van der Waals surface area contributed by atoms with Gasteiger partial charge in [0.05, 0.1) is 6.61 Å². The number of rotatable bonds is 2. The number of amides is 1. The summed E-state index contributed by atoms with van der Waals surface area (Å²) in [7, 11) is 1.77. The highest BCUT2D eigenvalue weighted by Crippen LogP contribution is 2.41. The van der Waals surface area contributed by atoms with E-state index in [9.17, 15) is 4.79 Å². The molecule has 0 radical (unpaired) electrons. The van der Waals surface area contributed by atoms with Gasteiger partial charge >= 0.3 is 6.09 Å². The molecule has 1 amide bonds. The Morgan fingerprint density at radius 2 is 2.00 bits per heavy atom. The monoisotopic (exact) mass is 284 g/mol. The van der Waals surface area contributed by atoms with E-state index < -0.39 is 5.60 Å². The lowest BCUT2D eigenvalue weighted by molar-refractivity contribution is -0.000212. The first-order valence-corrected chi connectivity index (χ1v) is 7.54. The van der Waals surface area contributed by atoms with E-state index in [2.05, 4.69) is 5.32 Å². The number of likely N-dealkylation sites (tertiary alicyclic amines) is 1. The van der Waals surface area contributed by atoms with E-state index in [1.807, 2.05) is 25.7 Å². The number of nitrogens with one attached hydrogen (secondary N) is 1. The Bertz CT molecular complexity index is 344. The Morgan fingerprint density at radius 1 is 1.35 bits per heavy atom. The molecular formula is C15H28N2O3. The molecule has 5 heteroatoms. The molecular weight excluding hydrogens is 256 g/mol. The topological polar surface area (TPSA) is 50.8 Å². The van der Waals surface area contributed by atoms with Gasteiger partial charge in [0.2, 0.25) is 0 Å². The maximum atomic E-state index is 12.1. The summed E-state index contributed by atoms with van der Waals surface area (Å²) in [4.78, 5) is 13.9. The molecule has 2 rings (SSSR count). The van der Waals surface area contributed by atoms with Gasteiger partial charge in [-0.05, 0) is 39.0 Å². The highest BCUT2D eigenvalue weighted by Gasteiger charge is 2.45. The summed E-state index contributed by atoms with van der Waals surface area (Å²) in [6.07, 6.45) is 1.89. The minimum Gasteiger partial charge on any atom is -0.444 e. The maximum Gasteiger partial charge on any atom is 0.410 e. The first-order valence-electron chi connectivity index (χ1n) is 7.54. The average molecular weight is 284 g/mol. The van der Waals surface area contributed by atoms with Crippen molar-refractivity contribution in [2.24, 2.45) is 11.3 Å². The molecule has 0 aromatic carbocycles. The van der Waals surface area contributed by atoms with Crippen LogP contribution in [0.25, 0.3) is 0 Å². The van der Waals surface area contributed by atoms with Crippen molar-refractivity contribution in [3.05, 3.63) is 0 Å². The highest BCUT2D eigenvalue weighted by molar-refractivity contribution is 5.68. The van der Waals surface area contributed by atoms with E-state index in [1.165, 1.54) is 0 Å². The average Bonchev–Trinajstić information content (AvgIpc) is 2.72. The van der Waals surface area contributed by atoms with Crippen LogP contribution in [-0.2, 0) is 9.47 Å². The number of methoxy groups -OCH3 is 1. The zero-order valence-electron chi connectivity index (χ0n) is 13.2. The molecule has 5 nitrogen and oxygen atoms in total. The Hall–Kier alpha value is -0.810. The van der Waals surface area contributed by atoms with Gasteiger partial charge in [-0.1, -0.05) is 0 Å². The summed E-state index contributed by atoms with van der Waals surface area (Å²) in [5.74, 6) is 0.563. The predicted molar refractivity (Wildman–Crippen MR) is 77.7 cm³/mol. The minimum absolute atomic E-state index is 0.179. The zero-order chi connectivity index (χ0) is 14.8. The molecule has 2 fully saturated rings. The largest absolute Gasteiger partial charge is 0.444 e. The summed E-state index contributed by atoms with van der Waals surface area (Å²) in [5.41, 5.74) is -0.117. The second-order valence-electron chi connectivity index (χ2n) is 7.11. The highest BCUT2D eigenvalue weighted by atomic mass is 16.6. The summed E-state index contributed by atoms with van der Waals surface area (Å²) in [5, 5.41) is 3.49. The van der Waals surface area contributed by atoms with Crippen molar-refractivity contribution in [2.45, 2.75) is 39.2 Å². The molecule has 1 N–H and O–H groups in total. The molecule has 0 saturated carbocycles. The van der Waals surface area contributed by atoms with Gasteiger partial charge < -0.3 is 19.7 Å². The zero-order valence-corrected chi connectivity index (χ0v) is 13.2. The Kier molecular flexibility index (Phi) is 4.59. The van der Waals surface area contributed by atoms with Crippen LogP contribution >= 0.6 is 0 Å². The lowest BCUT2D eigenvalue weighted by Gasteiger charge is -2.42. The molecule has 0 aromatic rings. The fourth-order valence-corrected chi connectivity index (χ4v) is 3.34. The van der Waals surface area contributed by atoms with Gasteiger partial charge in [0.25, 0.3) is 0 Å². The van der Waals surface area contributed by atoms with E-state index in [4.69, 9.17) is 9.47 Å². The lowest BCUT2D eigenvalue weighted by Crippen LogP contribution is -2.48. The Labute approximate surface area is 122 Å². The van der Waals surface area contributed by atoms with Crippen molar-refractivity contribution >= 4 is 6.09 Å². The van der Waals surface area contributed by atoms with Crippen LogP contribution < -0.4 is 5.32 Å². The third-order valence-corrected chi connectivity index (χ3v) is 4.51. The Balaban J connectivity index is 1.90. The maximum absolute atomic E-state index is 12.1. The predicted octanol–water partition coefficient (Wildman–Crippen LogP) is 1.87. The number of ether oxygens (including phenoxy) is 2. The van der Waals surface area contributed by atoms with Crippen molar-refractivity contribution in [1.29, 1.82) is 0 Å². The van der Waals surface area contributed by atoms with Gasteiger partial charge in [0.1, 0.15) is 5.60 Å². The van der Waals surface area contributed by atoms with Crippen LogP contribution in [0.15, 0.2) is 0 Å². The van der Waals surface area contributed by atoms with E-state index in [0.717, 1.165) is 45.6 Å². The third kappa shape index (κ3) is 3.44. The molecule has 116 valence electrons. The van der Waals surface area contributed by atoms with Crippen molar-refractivity contribution in [3.8, 4) is 0 Å². The van der Waals surface area contributed by atoms with Crippen molar-refractivity contribution in [1.82, 2.24) is 10.2 Å². The number of piperidine rings is 1. The van der Waals surface area contributed by atoms with Crippen LogP contribution in [0, 0.1) is 11.3 Å². The van der Waals surface area contributed by atoms with E-state index >= 15 is 0 Å². The van der Waals surface area contributed by atoms with Crippen LogP contribution in [-0.4, -0.2) is 56.5 Å². The number of carbonyl (C=O) groups is 1. The van der Waals surface area contributed by atoms with Gasteiger partial charge in [-0.3, -0.25) is 0 Å². The minimum atomic E-state index is -0.417. The van der Waals surface area contributed by atoms with Crippen LogP contribution in [0.1, 0.15) is 33.6 Å². The smallest absolute Gasteiger partial charge is 0.410 e. The van der Waals surface area contributed by atoms with Crippen molar-refractivity contribution < 1.29 is 14.3 Å². The standard InChI is InChI=1S/C15H28N2O3/c1-14(2,3)20-13(18)17-7-5-15(6-8-17)11-16-9-12(15)10-19-4/h12,16H,5-11H2,1-4H3. The summed E-state index contributed by atoms with van der Waals surface area (Å²) >= 11 is 0. The Morgan fingerprint density at radius 3 is 2.55 bits per heavy atom. The van der Waals surface area contributed by atoms with E-state index in [1.54, 1.807) is 7.11 Å². The molecule has 1 atom stereocenters. The van der Waals surface area contributed by atoms with Gasteiger partial charge in [0.15, 0.2) is 0 Å². The second-order valence-corrected chi connectivity index (χ2v) is 7.11. The van der Waals surface area contributed by atoms with Crippen molar-refractivity contribution in [2.75, 3.05) is 39.9 Å². The first-order chi connectivity index (χ1) is 9.36. The molecule has 1 spiro atoms. The summed E-state index contributed by atoms with van der Waals surface area (Å²) in [6, 6.07) is 0. The number of carbonyl (C=O) groups excluding carboxylic acids is 1. The third-order valence-electron chi connectivity index (χ3n) is 4.51. The number of nitrogens with zero attached hydrogens (tertiary/aromatic N) is 1. The van der Waals surface area contributed by atoms with Crippen molar-refractivity contribution in [3.63, 3.8) is 0 Å². The normalized spacial score (nSPS) is 26.0.